The van der Waals surface area contributed by atoms with Crippen molar-refractivity contribution in [1.82, 2.24) is 0 Å². The summed E-state index contributed by atoms with van der Waals surface area (Å²) in [7, 11) is -3.16. The average molecular weight is 271 g/mol. The van der Waals surface area contributed by atoms with Crippen LogP contribution < -0.4 is 5.73 Å². The van der Waals surface area contributed by atoms with E-state index in [4.69, 9.17) is 5.73 Å². The van der Waals surface area contributed by atoms with Gasteiger partial charge >= 0.3 is 0 Å². The number of rotatable bonds is 4. The zero-order valence-corrected chi connectivity index (χ0v) is 11.7. The molecule has 2 rings (SSSR count). The van der Waals surface area contributed by atoms with E-state index in [-0.39, 0.29) is 5.54 Å². The van der Waals surface area contributed by atoms with Crippen LogP contribution in [0.5, 0.6) is 0 Å². The summed E-state index contributed by atoms with van der Waals surface area (Å²) in [6.07, 6.45) is 5.97. The highest BCUT2D eigenvalue weighted by Crippen LogP contribution is 2.36. The number of benzene rings is 1. The second-order valence-electron chi connectivity index (χ2n) is 4.80. The van der Waals surface area contributed by atoms with Gasteiger partial charge in [0.2, 0.25) is 0 Å². The Morgan fingerprint density at radius 1 is 1.41 bits per heavy atom. The molecule has 0 amide bonds. The van der Waals surface area contributed by atoms with Gasteiger partial charge in [0.15, 0.2) is 9.84 Å². The summed E-state index contributed by atoms with van der Waals surface area (Å²) in [5, 5.41) is 0. The molecule has 0 saturated heterocycles. The molecule has 0 aliphatic heterocycles. The lowest BCUT2D eigenvalue weighted by atomic mass is 10.1. The maximum absolute atomic E-state index is 11.7. The molecule has 1 aromatic rings. The van der Waals surface area contributed by atoms with Gasteiger partial charge in [-0.15, -0.1) is 11.8 Å². The predicted molar refractivity (Wildman–Crippen MR) is 71.2 cm³/mol. The second kappa shape index (κ2) is 4.30. The van der Waals surface area contributed by atoms with Crippen molar-refractivity contribution in [2.75, 3.05) is 12.5 Å². The van der Waals surface area contributed by atoms with E-state index in [0.717, 1.165) is 29.7 Å². The van der Waals surface area contributed by atoms with E-state index in [1.807, 2.05) is 18.4 Å². The van der Waals surface area contributed by atoms with E-state index in [2.05, 4.69) is 0 Å². The van der Waals surface area contributed by atoms with Crippen molar-refractivity contribution in [1.29, 1.82) is 0 Å². The summed E-state index contributed by atoms with van der Waals surface area (Å²) in [4.78, 5) is 1.23. The lowest BCUT2D eigenvalue weighted by molar-refractivity contribution is 0.599. The lowest BCUT2D eigenvalue weighted by Gasteiger charge is -2.12. The summed E-state index contributed by atoms with van der Waals surface area (Å²) in [6.45, 7) is 0. The molecule has 5 heteroatoms. The molecule has 1 saturated carbocycles. The SMILES string of the molecule is CSc1ccc(CC2(N)CC2)cc1S(C)(=O)=O. The van der Waals surface area contributed by atoms with Crippen molar-refractivity contribution in [3.05, 3.63) is 23.8 Å². The summed E-state index contributed by atoms with van der Waals surface area (Å²) in [5.74, 6) is 0. The van der Waals surface area contributed by atoms with Gasteiger partial charge in [-0.2, -0.15) is 0 Å². The quantitative estimate of drug-likeness (QED) is 0.849. The van der Waals surface area contributed by atoms with E-state index in [1.165, 1.54) is 18.0 Å². The van der Waals surface area contributed by atoms with Crippen LogP contribution in [0.2, 0.25) is 0 Å². The van der Waals surface area contributed by atoms with Gasteiger partial charge in [0, 0.05) is 16.7 Å². The summed E-state index contributed by atoms with van der Waals surface area (Å²) in [5.41, 5.74) is 6.98. The third-order valence-electron chi connectivity index (χ3n) is 3.08. The van der Waals surface area contributed by atoms with Crippen molar-refractivity contribution >= 4 is 21.6 Å². The van der Waals surface area contributed by atoms with Gasteiger partial charge in [-0.3, -0.25) is 0 Å². The van der Waals surface area contributed by atoms with Gasteiger partial charge < -0.3 is 5.73 Å². The Kier molecular flexibility index (Phi) is 3.27. The third kappa shape index (κ3) is 3.03. The first-order valence-corrected chi connectivity index (χ1v) is 8.62. The van der Waals surface area contributed by atoms with Crippen molar-refractivity contribution in [2.24, 2.45) is 5.73 Å². The molecule has 1 aromatic carbocycles. The van der Waals surface area contributed by atoms with Crippen molar-refractivity contribution in [2.45, 2.75) is 34.6 Å². The molecule has 0 spiro atoms. The molecule has 0 heterocycles. The van der Waals surface area contributed by atoms with Gasteiger partial charge in [-0.25, -0.2) is 8.42 Å². The Balaban J connectivity index is 2.38. The van der Waals surface area contributed by atoms with Crippen LogP contribution in [0.3, 0.4) is 0 Å². The van der Waals surface area contributed by atoms with Gasteiger partial charge in [0.1, 0.15) is 0 Å². The summed E-state index contributed by atoms with van der Waals surface area (Å²) >= 11 is 1.45. The fourth-order valence-corrected chi connectivity index (χ4v) is 3.83. The molecule has 0 unspecified atom stereocenters. The third-order valence-corrected chi connectivity index (χ3v) is 5.14. The highest BCUT2D eigenvalue weighted by Gasteiger charge is 2.38. The zero-order valence-electron chi connectivity index (χ0n) is 10.1. The topological polar surface area (TPSA) is 60.2 Å². The Bertz CT molecular complexity index is 533. The van der Waals surface area contributed by atoms with Crippen molar-refractivity contribution in [3.8, 4) is 0 Å². The predicted octanol–water partition coefficient (Wildman–Crippen LogP) is 1.85. The highest BCUT2D eigenvalue weighted by molar-refractivity contribution is 7.99. The second-order valence-corrected chi connectivity index (χ2v) is 7.63. The van der Waals surface area contributed by atoms with E-state index in [0.29, 0.717) is 4.90 Å². The minimum atomic E-state index is -3.16. The van der Waals surface area contributed by atoms with Crippen LogP contribution in [0.4, 0.5) is 0 Å². The standard InChI is InChI=1S/C12H17NO2S2/c1-16-10-4-3-9(8-12(13)5-6-12)7-11(10)17(2,14)15/h3-4,7H,5-6,8,13H2,1-2H3. The van der Waals surface area contributed by atoms with E-state index in [9.17, 15) is 8.42 Å². The minimum Gasteiger partial charge on any atom is -0.325 e. The minimum absolute atomic E-state index is 0.0877. The van der Waals surface area contributed by atoms with E-state index in [1.54, 1.807) is 6.07 Å². The van der Waals surface area contributed by atoms with Crippen LogP contribution in [0.25, 0.3) is 0 Å². The molecular weight excluding hydrogens is 254 g/mol. The van der Waals surface area contributed by atoms with Crippen LogP contribution in [0.1, 0.15) is 18.4 Å². The zero-order chi connectivity index (χ0) is 12.7. The molecule has 1 aliphatic rings. The van der Waals surface area contributed by atoms with Gasteiger partial charge in [-0.05, 0) is 43.2 Å². The molecule has 1 aliphatic carbocycles. The van der Waals surface area contributed by atoms with Gasteiger partial charge in [0.05, 0.1) is 4.90 Å². The van der Waals surface area contributed by atoms with Crippen LogP contribution in [-0.2, 0) is 16.3 Å². The molecule has 17 heavy (non-hydrogen) atoms. The number of sulfone groups is 1. The molecule has 0 atom stereocenters. The Hall–Kier alpha value is -0.520. The van der Waals surface area contributed by atoms with Crippen LogP contribution in [-0.4, -0.2) is 26.5 Å². The fraction of sp³-hybridized carbons (Fsp3) is 0.500. The Morgan fingerprint density at radius 2 is 2.06 bits per heavy atom. The molecule has 3 nitrogen and oxygen atoms in total. The normalized spacial score (nSPS) is 18.1. The first kappa shape index (κ1) is 12.9. The van der Waals surface area contributed by atoms with Crippen LogP contribution in [0, 0.1) is 0 Å². The number of nitrogens with two attached hydrogens (primary N) is 1. The maximum atomic E-state index is 11.7. The number of hydrogen-bond acceptors (Lipinski definition) is 4. The van der Waals surface area contributed by atoms with Crippen LogP contribution >= 0.6 is 11.8 Å². The molecule has 0 bridgehead atoms. The van der Waals surface area contributed by atoms with Crippen molar-refractivity contribution in [3.63, 3.8) is 0 Å². The summed E-state index contributed by atoms with van der Waals surface area (Å²) in [6, 6.07) is 5.63. The smallest absolute Gasteiger partial charge is 0.176 e. The molecule has 2 N–H and O–H groups in total. The monoisotopic (exact) mass is 271 g/mol. The molecule has 1 fully saturated rings. The highest BCUT2D eigenvalue weighted by atomic mass is 32.2. The average Bonchev–Trinajstić information content (AvgIpc) is 2.95. The lowest BCUT2D eigenvalue weighted by Crippen LogP contribution is -2.24. The molecule has 0 radical (unpaired) electrons. The first-order valence-electron chi connectivity index (χ1n) is 5.50. The van der Waals surface area contributed by atoms with Gasteiger partial charge in [0.25, 0.3) is 0 Å². The molecular formula is C12H17NO2S2. The Morgan fingerprint density at radius 3 is 2.53 bits per heavy atom. The van der Waals surface area contributed by atoms with E-state index >= 15 is 0 Å². The number of thioether (sulfide) groups is 1. The van der Waals surface area contributed by atoms with E-state index < -0.39 is 9.84 Å². The van der Waals surface area contributed by atoms with Crippen molar-refractivity contribution < 1.29 is 8.42 Å². The fourth-order valence-electron chi connectivity index (χ4n) is 1.86. The largest absolute Gasteiger partial charge is 0.325 e. The van der Waals surface area contributed by atoms with Gasteiger partial charge in [-0.1, -0.05) is 6.07 Å². The van der Waals surface area contributed by atoms with Crippen LogP contribution in [0.15, 0.2) is 28.0 Å². The Labute approximate surface area is 107 Å². The summed E-state index contributed by atoms with van der Waals surface area (Å²) < 4.78 is 23.4. The number of hydrogen-bond donors (Lipinski definition) is 1. The maximum Gasteiger partial charge on any atom is 0.176 e. The first-order chi connectivity index (χ1) is 7.84. The molecule has 94 valence electrons. The molecule has 0 aromatic heterocycles.